The van der Waals surface area contributed by atoms with Crippen molar-refractivity contribution >= 4 is 12.0 Å². The number of amides is 2. The minimum absolute atomic E-state index is 0.00168. The number of carbonyl (C=O) groups excluding carboxylic acids is 1. The fourth-order valence-corrected chi connectivity index (χ4v) is 2.51. The van der Waals surface area contributed by atoms with Crippen LogP contribution in [0.25, 0.3) is 0 Å². The predicted octanol–water partition coefficient (Wildman–Crippen LogP) is 2.41. The van der Waals surface area contributed by atoms with Crippen LogP contribution in [0.1, 0.15) is 47.0 Å². The van der Waals surface area contributed by atoms with E-state index in [4.69, 9.17) is 5.11 Å². The molecule has 0 spiro atoms. The van der Waals surface area contributed by atoms with Crippen molar-refractivity contribution < 1.29 is 14.7 Å². The Morgan fingerprint density at radius 3 is 2.47 bits per heavy atom. The van der Waals surface area contributed by atoms with Gasteiger partial charge in [-0.2, -0.15) is 0 Å². The summed E-state index contributed by atoms with van der Waals surface area (Å²) in [4.78, 5) is 26.8. The number of hydrogen-bond acceptors (Lipinski definition) is 2. The number of urea groups is 1. The van der Waals surface area contributed by atoms with Gasteiger partial charge < -0.3 is 14.9 Å². The van der Waals surface area contributed by atoms with E-state index in [0.29, 0.717) is 5.92 Å². The number of hydrogen-bond donors (Lipinski definition) is 1. The third-order valence-corrected chi connectivity index (χ3v) is 3.80. The van der Waals surface area contributed by atoms with E-state index < -0.39 is 5.97 Å². The van der Waals surface area contributed by atoms with E-state index in [2.05, 4.69) is 13.8 Å². The molecule has 0 aromatic rings. The molecule has 2 amide bonds. The number of piperidine rings is 1. The van der Waals surface area contributed by atoms with E-state index in [1.807, 2.05) is 18.7 Å². The van der Waals surface area contributed by atoms with E-state index in [1.165, 1.54) is 0 Å². The number of carboxylic acids is 1. The second-order valence-electron chi connectivity index (χ2n) is 5.90. The molecule has 1 fully saturated rings. The lowest BCUT2D eigenvalue weighted by Crippen LogP contribution is -2.53. The van der Waals surface area contributed by atoms with Crippen molar-refractivity contribution in [2.45, 2.75) is 59.0 Å². The molecule has 2 unspecified atom stereocenters. The summed E-state index contributed by atoms with van der Waals surface area (Å²) in [6.07, 6.45) is 2.18. The molecular formula is C14H26N2O3. The van der Waals surface area contributed by atoms with Crippen LogP contribution in [0.3, 0.4) is 0 Å². The summed E-state index contributed by atoms with van der Waals surface area (Å²) >= 11 is 0. The fraction of sp³-hybridized carbons (Fsp3) is 0.857. The average Bonchev–Trinajstić information content (AvgIpc) is 2.31. The molecule has 1 rings (SSSR count). The lowest BCUT2D eigenvalue weighted by Gasteiger charge is -2.41. The van der Waals surface area contributed by atoms with E-state index in [-0.39, 0.29) is 31.1 Å². The van der Waals surface area contributed by atoms with Crippen LogP contribution in [0.5, 0.6) is 0 Å². The Hall–Kier alpha value is -1.26. The summed E-state index contributed by atoms with van der Waals surface area (Å²) in [5, 5.41) is 8.78. The maximum absolute atomic E-state index is 12.6. The molecule has 2 atom stereocenters. The number of carbonyl (C=O) groups is 2. The fourth-order valence-electron chi connectivity index (χ4n) is 2.51. The van der Waals surface area contributed by atoms with Crippen LogP contribution in [-0.2, 0) is 4.79 Å². The lowest BCUT2D eigenvalue weighted by molar-refractivity contribution is -0.137. The van der Waals surface area contributed by atoms with Gasteiger partial charge in [-0.1, -0.05) is 6.92 Å². The molecule has 1 aliphatic rings. The average molecular weight is 270 g/mol. The van der Waals surface area contributed by atoms with Crippen LogP contribution in [0, 0.1) is 5.92 Å². The Kier molecular flexibility index (Phi) is 5.63. The number of rotatable bonds is 4. The quantitative estimate of drug-likeness (QED) is 0.853. The molecule has 5 heteroatoms. The topological polar surface area (TPSA) is 60.9 Å². The molecule has 5 nitrogen and oxygen atoms in total. The van der Waals surface area contributed by atoms with Crippen LogP contribution in [0.2, 0.25) is 0 Å². The molecule has 0 bridgehead atoms. The van der Waals surface area contributed by atoms with Crippen molar-refractivity contribution in [3.05, 3.63) is 0 Å². The number of aliphatic carboxylic acids is 1. The van der Waals surface area contributed by atoms with Crippen LogP contribution in [0.4, 0.5) is 4.79 Å². The first-order valence-corrected chi connectivity index (χ1v) is 7.12. The van der Waals surface area contributed by atoms with Crippen molar-refractivity contribution in [2.75, 3.05) is 13.1 Å². The maximum Gasteiger partial charge on any atom is 0.320 e. The van der Waals surface area contributed by atoms with Gasteiger partial charge in [0.15, 0.2) is 0 Å². The molecule has 1 saturated heterocycles. The van der Waals surface area contributed by atoms with Gasteiger partial charge in [0.2, 0.25) is 0 Å². The van der Waals surface area contributed by atoms with E-state index in [9.17, 15) is 9.59 Å². The molecule has 0 saturated carbocycles. The largest absolute Gasteiger partial charge is 0.481 e. The molecular weight excluding hydrogens is 244 g/mol. The van der Waals surface area contributed by atoms with Gasteiger partial charge in [-0.15, -0.1) is 0 Å². The molecule has 1 N–H and O–H groups in total. The molecule has 110 valence electrons. The standard InChI is InChI=1S/C14H26N2O3/c1-10(2)15(8-7-13(17)18)14(19)16-9-11(3)5-6-12(16)4/h10-12H,5-9H2,1-4H3,(H,17,18). The number of likely N-dealkylation sites (tertiary alicyclic amines) is 1. The monoisotopic (exact) mass is 270 g/mol. The first-order chi connectivity index (χ1) is 8.82. The Morgan fingerprint density at radius 1 is 1.32 bits per heavy atom. The van der Waals surface area contributed by atoms with E-state index >= 15 is 0 Å². The van der Waals surface area contributed by atoms with Crippen molar-refractivity contribution in [3.63, 3.8) is 0 Å². The summed E-state index contributed by atoms with van der Waals surface area (Å²) in [6, 6.07) is 0.251. The van der Waals surface area contributed by atoms with Gasteiger partial charge in [0.05, 0.1) is 6.42 Å². The van der Waals surface area contributed by atoms with Crippen LogP contribution < -0.4 is 0 Å². The van der Waals surface area contributed by atoms with Crippen LogP contribution >= 0.6 is 0 Å². The Morgan fingerprint density at radius 2 is 1.95 bits per heavy atom. The highest BCUT2D eigenvalue weighted by Gasteiger charge is 2.31. The lowest BCUT2D eigenvalue weighted by atomic mass is 9.95. The van der Waals surface area contributed by atoms with Gasteiger partial charge in [-0.05, 0) is 39.5 Å². The van der Waals surface area contributed by atoms with Gasteiger partial charge in [-0.3, -0.25) is 4.79 Å². The zero-order valence-electron chi connectivity index (χ0n) is 12.4. The number of nitrogens with zero attached hydrogens (tertiary/aromatic N) is 2. The second kappa shape index (κ2) is 6.78. The summed E-state index contributed by atoms with van der Waals surface area (Å²) < 4.78 is 0. The Labute approximate surface area is 115 Å². The molecule has 19 heavy (non-hydrogen) atoms. The summed E-state index contributed by atoms with van der Waals surface area (Å²) in [7, 11) is 0. The van der Waals surface area contributed by atoms with E-state index in [1.54, 1.807) is 4.90 Å². The highest BCUT2D eigenvalue weighted by molar-refractivity contribution is 5.76. The summed E-state index contributed by atoms with van der Waals surface area (Å²) in [5.41, 5.74) is 0. The van der Waals surface area contributed by atoms with Crippen molar-refractivity contribution in [2.24, 2.45) is 5.92 Å². The highest BCUT2D eigenvalue weighted by atomic mass is 16.4. The predicted molar refractivity (Wildman–Crippen MR) is 74.1 cm³/mol. The van der Waals surface area contributed by atoms with Gasteiger partial charge in [0, 0.05) is 25.2 Å². The minimum atomic E-state index is -0.862. The normalized spacial score (nSPS) is 23.5. The van der Waals surface area contributed by atoms with Gasteiger partial charge >= 0.3 is 12.0 Å². The maximum atomic E-state index is 12.6. The molecule has 0 aromatic carbocycles. The van der Waals surface area contributed by atoms with Crippen molar-refractivity contribution in [1.82, 2.24) is 9.80 Å². The van der Waals surface area contributed by atoms with Crippen LogP contribution in [-0.4, -0.2) is 52.1 Å². The summed E-state index contributed by atoms with van der Waals surface area (Å²) in [6.45, 7) is 9.14. The van der Waals surface area contributed by atoms with Crippen LogP contribution in [0.15, 0.2) is 0 Å². The smallest absolute Gasteiger partial charge is 0.320 e. The first-order valence-electron chi connectivity index (χ1n) is 7.12. The Bertz CT molecular complexity index is 331. The number of carboxylic acid groups (broad SMARTS) is 1. The second-order valence-corrected chi connectivity index (χ2v) is 5.90. The molecule has 1 aliphatic heterocycles. The third-order valence-electron chi connectivity index (χ3n) is 3.80. The molecule has 0 aromatic heterocycles. The SMILES string of the molecule is CC1CCC(C)N(C(=O)N(CCC(=O)O)C(C)C)C1. The van der Waals surface area contributed by atoms with Crippen molar-refractivity contribution in [1.29, 1.82) is 0 Å². The van der Waals surface area contributed by atoms with E-state index in [0.717, 1.165) is 19.4 Å². The van der Waals surface area contributed by atoms with Crippen molar-refractivity contribution in [3.8, 4) is 0 Å². The van der Waals surface area contributed by atoms with Gasteiger partial charge in [-0.25, -0.2) is 4.79 Å². The Balaban J connectivity index is 2.71. The highest BCUT2D eigenvalue weighted by Crippen LogP contribution is 2.23. The zero-order valence-corrected chi connectivity index (χ0v) is 12.4. The minimum Gasteiger partial charge on any atom is -0.481 e. The first kappa shape index (κ1) is 15.8. The molecule has 0 radical (unpaired) electrons. The summed E-state index contributed by atoms with van der Waals surface area (Å²) in [5.74, 6) is -0.341. The third kappa shape index (κ3) is 4.40. The van der Waals surface area contributed by atoms with Gasteiger partial charge in [0.25, 0.3) is 0 Å². The molecule has 0 aliphatic carbocycles. The zero-order chi connectivity index (χ0) is 14.6. The van der Waals surface area contributed by atoms with Gasteiger partial charge in [0.1, 0.15) is 0 Å². The molecule has 1 heterocycles.